The zero-order chi connectivity index (χ0) is 14.5. The number of benzene rings is 1. The van der Waals surface area contributed by atoms with Crippen molar-refractivity contribution in [2.45, 2.75) is 51.6 Å². The van der Waals surface area contributed by atoms with Crippen LogP contribution in [0.3, 0.4) is 0 Å². The molecule has 1 amide bonds. The van der Waals surface area contributed by atoms with E-state index >= 15 is 0 Å². The van der Waals surface area contributed by atoms with E-state index in [1.165, 1.54) is 5.56 Å². The summed E-state index contributed by atoms with van der Waals surface area (Å²) in [6.45, 7) is 4.28. The van der Waals surface area contributed by atoms with Gasteiger partial charge in [0.2, 0.25) is 5.91 Å². The van der Waals surface area contributed by atoms with Gasteiger partial charge in [0.1, 0.15) is 0 Å². The lowest BCUT2D eigenvalue weighted by atomic mass is 9.94. The number of rotatable bonds is 5. The molecule has 1 unspecified atom stereocenters. The van der Waals surface area contributed by atoms with Crippen molar-refractivity contribution in [3.8, 4) is 0 Å². The topological polar surface area (TPSA) is 55.1 Å². The van der Waals surface area contributed by atoms with Crippen molar-refractivity contribution in [1.29, 1.82) is 0 Å². The average Bonchev–Trinajstić information content (AvgIpc) is 2.82. The molecule has 1 saturated carbocycles. The van der Waals surface area contributed by atoms with E-state index in [4.69, 9.17) is 5.73 Å². The summed E-state index contributed by atoms with van der Waals surface area (Å²) in [6, 6.07) is 10.5. The van der Waals surface area contributed by atoms with E-state index < -0.39 is 0 Å². The van der Waals surface area contributed by atoms with Gasteiger partial charge in [-0.25, -0.2) is 0 Å². The van der Waals surface area contributed by atoms with Gasteiger partial charge in [0.05, 0.1) is 6.04 Å². The molecule has 0 radical (unpaired) electrons. The molecule has 20 heavy (non-hydrogen) atoms. The molecule has 1 fully saturated rings. The summed E-state index contributed by atoms with van der Waals surface area (Å²) in [4.78, 5) is 12.3. The number of hydrogen-bond acceptors (Lipinski definition) is 2. The second-order valence-corrected chi connectivity index (χ2v) is 6.26. The van der Waals surface area contributed by atoms with Gasteiger partial charge in [0, 0.05) is 12.5 Å². The van der Waals surface area contributed by atoms with Crippen molar-refractivity contribution in [3.05, 3.63) is 35.9 Å². The zero-order valence-corrected chi connectivity index (χ0v) is 12.5. The highest BCUT2D eigenvalue weighted by Gasteiger charge is 2.27. The van der Waals surface area contributed by atoms with Crippen LogP contribution in [0.2, 0.25) is 0 Å². The van der Waals surface area contributed by atoms with Gasteiger partial charge in [-0.3, -0.25) is 4.79 Å². The average molecular weight is 274 g/mol. The molecule has 0 spiro atoms. The monoisotopic (exact) mass is 274 g/mol. The summed E-state index contributed by atoms with van der Waals surface area (Å²) < 4.78 is 0. The fourth-order valence-corrected chi connectivity index (χ4v) is 3.08. The Balaban J connectivity index is 1.96. The Bertz CT molecular complexity index is 430. The molecule has 0 bridgehead atoms. The minimum Gasteiger partial charge on any atom is -0.349 e. The molecule has 0 heterocycles. The van der Waals surface area contributed by atoms with E-state index in [0.29, 0.717) is 18.3 Å². The molecule has 3 atom stereocenters. The zero-order valence-electron chi connectivity index (χ0n) is 12.5. The number of carbonyl (C=O) groups is 1. The van der Waals surface area contributed by atoms with Gasteiger partial charge in [0.25, 0.3) is 0 Å². The minimum atomic E-state index is 0.0846. The Labute approximate surface area is 121 Å². The smallest absolute Gasteiger partial charge is 0.220 e. The third kappa shape index (κ3) is 3.83. The largest absolute Gasteiger partial charge is 0.349 e. The molecule has 0 aliphatic heterocycles. The van der Waals surface area contributed by atoms with Crippen molar-refractivity contribution in [2.75, 3.05) is 0 Å². The van der Waals surface area contributed by atoms with Crippen LogP contribution in [0.15, 0.2) is 30.3 Å². The van der Waals surface area contributed by atoms with E-state index in [1.807, 2.05) is 18.2 Å². The Morgan fingerprint density at radius 2 is 2.00 bits per heavy atom. The number of amides is 1. The van der Waals surface area contributed by atoms with Crippen LogP contribution in [-0.4, -0.2) is 11.9 Å². The van der Waals surface area contributed by atoms with E-state index in [0.717, 1.165) is 19.3 Å². The van der Waals surface area contributed by atoms with Crippen molar-refractivity contribution in [1.82, 2.24) is 5.32 Å². The molecule has 3 nitrogen and oxygen atoms in total. The number of carbonyl (C=O) groups excluding carboxylic acids is 1. The molecule has 0 saturated heterocycles. The number of hydrogen-bond donors (Lipinski definition) is 2. The Morgan fingerprint density at radius 3 is 2.55 bits per heavy atom. The van der Waals surface area contributed by atoms with Crippen LogP contribution in [0.25, 0.3) is 0 Å². The second-order valence-electron chi connectivity index (χ2n) is 6.26. The van der Waals surface area contributed by atoms with Crippen LogP contribution < -0.4 is 11.1 Å². The van der Waals surface area contributed by atoms with Gasteiger partial charge in [-0.15, -0.1) is 0 Å². The maximum absolute atomic E-state index is 12.3. The summed E-state index contributed by atoms with van der Waals surface area (Å²) in [5.41, 5.74) is 7.22. The summed E-state index contributed by atoms with van der Waals surface area (Å²) in [6.07, 6.45) is 3.87. The molecule has 0 aromatic heterocycles. The highest BCUT2D eigenvalue weighted by Crippen LogP contribution is 2.28. The number of nitrogens with two attached hydrogens (primary N) is 1. The Kier molecular flexibility index (Phi) is 5.18. The molecule has 1 aliphatic rings. The van der Waals surface area contributed by atoms with Gasteiger partial charge < -0.3 is 11.1 Å². The quantitative estimate of drug-likeness (QED) is 0.867. The lowest BCUT2D eigenvalue weighted by Gasteiger charge is -2.24. The van der Waals surface area contributed by atoms with E-state index in [9.17, 15) is 4.79 Å². The summed E-state index contributed by atoms with van der Waals surface area (Å²) in [7, 11) is 0. The maximum Gasteiger partial charge on any atom is 0.220 e. The van der Waals surface area contributed by atoms with E-state index in [1.54, 1.807) is 0 Å². The van der Waals surface area contributed by atoms with Crippen molar-refractivity contribution < 1.29 is 4.79 Å². The second kappa shape index (κ2) is 6.89. The summed E-state index contributed by atoms with van der Waals surface area (Å²) >= 11 is 0. The fraction of sp³-hybridized carbons (Fsp3) is 0.588. The van der Waals surface area contributed by atoms with Gasteiger partial charge >= 0.3 is 0 Å². The first kappa shape index (κ1) is 15.0. The Hall–Kier alpha value is -1.35. The summed E-state index contributed by atoms with van der Waals surface area (Å²) in [5.74, 6) is 0.868. The molecule has 3 N–H and O–H groups in total. The normalized spacial score (nSPS) is 23.8. The van der Waals surface area contributed by atoms with E-state index in [2.05, 4.69) is 31.3 Å². The lowest BCUT2D eigenvalue weighted by molar-refractivity contribution is -0.123. The summed E-state index contributed by atoms with van der Waals surface area (Å²) in [5, 5.41) is 3.19. The highest BCUT2D eigenvalue weighted by molar-refractivity contribution is 5.76. The molecule has 2 rings (SSSR count). The van der Waals surface area contributed by atoms with Crippen LogP contribution >= 0.6 is 0 Å². The highest BCUT2D eigenvalue weighted by atomic mass is 16.1. The molecule has 3 heteroatoms. The van der Waals surface area contributed by atoms with Crippen molar-refractivity contribution >= 4 is 5.91 Å². The van der Waals surface area contributed by atoms with Crippen LogP contribution in [0.1, 0.15) is 51.1 Å². The third-order valence-electron chi connectivity index (χ3n) is 4.31. The van der Waals surface area contributed by atoms with Crippen molar-refractivity contribution in [3.63, 3.8) is 0 Å². The Morgan fingerprint density at radius 1 is 1.30 bits per heavy atom. The van der Waals surface area contributed by atoms with E-state index in [-0.39, 0.29) is 18.0 Å². The molecule has 110 valence electrons. The first-order chi connectivity index (χ1) is 9.58. The predicted molar refractivity (Wildman–Crippen MR) is 82.1 cm³/mol. The maximum atomic E-state index is 12.3. The van der Waals surface area contributed by atoms with Crippen LogP contribution in [0.4, 0.5) is 0 Å². The van der Waals surface area contributed by atoms with Gasteiger partial charge in [0.15, 0.2) is 0 Å². The van der Waals surface area contributed by atoms with Crippen LogP contribution in [0.5, 0.6) is 0 Å². The minimum absolute atomic E-state index is 0.0846. The third-order valence-corrected chi connectivity index (χ3v) is 4.31. The first-order valence-corrected chi connectivity index (χ1v) is 7.68. The van der Waals surface area contributed by atoms with Crippen LogP contribution in [0, 0.1) is 11.8 Å². The molecular formula is C17H26N2O. The SMILES string of the molecule is CC(C)C(NC(=O)C[C@@H]1CCC[C@H]1N)c1ccccc1. The predicted octanol–water partition coefficient (Wildman–Crippen LogP) is 3.02. The van der Waals surface area contributed by atoms with Gasteiger partial charge in [-0.1, -0.05) is 50.6 Å². The van der Waals surface area contributed by atoms with Crippen LogP contribution in [-0.2, 0) is 4.79 Å². The fourth-order valence-electron chi connectivity index (χ4n) is 3.08. The van der Waals surface area contributed by atoms with Gasteiger partial charge in [-0.05, 0) is 30.2 Å². The lowest BCUT2D eigenvalue weighted by Crippen LogP contribution is -2.35. The molecular weight excluding hydrogens is 248 g/mol. The molecule has 1 aliphatic carbocycles. The molecule has 1 aromatic rings. The first-order valence-electron chi connectivity index (χ1n) is 7.68. The van der Waals surface area contributed by atoms with Crippen molar-refractivity contribution in [2.24, 2.45) is 17.6 Å². The van der Waals surface area contributed by atoms with Gasteiger partial charge in [-0.2, -0.15) is 0 Å². The standard InChI is InChI=1S/C17H26N2O/c1-12(2)17(13-7-4-3-5-8-13)19-16(20)11-14-9-6-10-15(14)18/h3-5,7-8,12,14-15,17H,6,9-11,18H2,1-2H3,(H,19,20)/t14-,15+,17?/m0/s1. The number of nitrogens with one attached hydrogen (secondary N) is 1. The molecule has 1 aromatic carbocycles.